The third-order valence-corrected chi connectivity index (χ3v) is 5.66. The normalized spacial score (nSPS) is 15.2. The van der Waals surface area contributed by atoms with E-state index < -0.39 is 35.5 Å². The van der Waals surface area contributed by atoms with Crippen molar-refractivity contribution in [1.82, 2.24) is 20.1 Å². The first kappa shape index (κ1) is 24.0. The maximum Gasteiger partial charge on any atom is 0.264 e. The van der Waals surface area contributed by atoms with Gasteiger partial charge in [0.2, 0.25) is 0 Å². The lowest BCUT2D eigenvalue weighted by Gasteiger charge is -2.29. The van der Waals surface area contributed by atoms with Gasteiger partial charge in [0, 0.05) is 55.8 Å². The quantitative estimate of drug-likeness (QED) is 0.563. The average Bonchev–Trinajstić information content (AvgIpc) is 3.31. The Kier molecular flexibility index (Phi) is 7.11. The third-order valence-electron chi connectivity index (χ3n) is 5.66. The Bertz CT molecular complexity index is 1230. The number of nitrogens with two attached hydrogens (primary N) is 1. The van der Waals surface area contributed by atoms with Gasteiger partial charge in [0.15, 0.2) is 6.17 Å². The Hall–Kier alpha value is -4.18. The van der Waals surface area contributed by atoms with Gasteiger partial charge in [-0.1, -0.05) is 24.3 Å². The van der Waals surface area contributed by atoms with Gasteiger partial charge in [0.1, 0.15) is 11.6 Å². The Morgan fingerprint density at radius 3 is 2.11 bits per heavy atom. The molecule has 2 heterocycles. The van der Waals surface area contributed by atoms with E-state index in [1.165, 1.54) is 29.4 Å². The molecule has 4 rings (SSSR count). The molecule has 3 amide bonds. The van der Waals surface area contributed by atoms with Gasteiger partial charge in [-0.15, -0.1) is 0 Å². The minimum atomic E-state index is -1.31. The molecular formula is C25H23F2N5O3. The standard InChI is InChI=1S/C25H23F2N5O3/c26-20-11-19(12-21(27)13-20)25(35)32-9-8-31(24(34)18-4-6-29-7-5-18)23(32)22(33)30-15-17-3-1-2-16(10-17)14-28/h1-7,10-13,23H,8-9,14-15,28H2,(H,30,33). The van der Waals surface area contributed by atoms with Crippen LogP contribution < -0.4 is 11.1 Å². The molecule has 0 aliphatic carbocycles. The predicted molar refractivity (Wildman–Crippen MR) is 123 cm³/mol. The number of nitrogens with one attached hydrogen (secondary N) is 1. The van der Waals surface area contributed by atoms with E-state index in [-0.39, 0.29) is 25.2 Å². The summed E-state index contributed by atoms with van der Waals surface area (Å²) in [6.07, 6.45) is 1.58. The van der Waals surface area contributed by atoms with Crippen molar-refractivity contribution in [2.45, 2.75) is 19.3 Å². The first-order valence-electron chi connectivity index (χ1n) is 10.9. The smallest absolute Gasteiger partial charge is 0.264 e. The lowest BCUT2D eigenvalue weighted by molar-refractivity contribution is -0.128. The van der Waals surface area contributed by atoms with Crippen LogP contribution in [-0.2, 0) is 17.9 Å². The van der Waals surface area contributed by atoms with Gasteiger partial charge >= 0.3 is 0 Å². The monoisotopic (exact) mass is 479 g/mol. The van der Waals surface area contributed by atoms with E-state index >= 15 is 0 Å². The third kappa shape index (κ3) is 5.33. The summed E-state index contributed by atoms with van der Waals surface area (Å²) >= 11 is 0. The van der Waals surface area contributed by atoms with Crippen molar-refractivity contribution in [3.8, 4) is 0 Å². The molecule has 0 saturated carbocycles. The van der Waals surface area contributed by atoms with Crippen LogP contribution in [0, 0.1) is 11.6 Å². The van der Waals surface area contributed by atoms with E-state index in [4.69, 9.17) is 5.73 Å². The van der Waals surface area contributed by atoms with Crippen molar-refractivity contribution < 1.29 is 23.2 Å². The fourth-order valence-corrected chi connectivity index (χ4v) is 3.99. The Morgan fingerprint density at radius 2 is 1.49 bits per heavy atom. The van der Waals surface area contributed by atoms with E-state index in [1.807, 2.05) is 24.3 Å². The van der Waals surface area contributed by atoms with Crippen molar-refractivity contribution >= 4 is 17.7 Å². The van der Waals surface area contributed by atoms with Crippen LogP contribution in [0.3, 0.4) is 0 Å². The Morgan fingerprint density at radius 1 is 0.886 bits per heavy atom. The summed E-state index contributed by atoms with van der Waals surface area (Å²) in [7, 11) is 0. The van der Waals surface area contributed by atoms with E-state index in [0.717, 1.165) is 28.2 Å². The summed E-state index contributed by atoms with van der Waals surface area (Å²) in [5.74, 6) is -3.68. The molecule has 0 spiro atoms. The number of halogens is 2. The molecule has 3 aromatic rings. The average molecular weight is 479 g/mol. The Balaban J connectivity index is 1.61. The molecular weight excluding hydrogens is 456 g/mol. The van der Waals surface area contributed by atoms with Crippen molar-refractivity contribution in [2.75, 3.05) is 13.1 Å². The van der Waals surface area contributed by atoms with Crippen LogP contribution in [0.5, 0.6) is 0 Å². The second kappa shape index (κ2) is 10.4. The number of amides is 3. The summed E-state index contributed by atoms with van der Waals surface area (Å²) in [5.41, 5.74) is 7.39. The van der Waals surface area contributed by atoms with Gasteiger partial charge < -0.3 is 20.9 Å². The van der Waals surface area contributed by atoms with Crippen LogP contribution in [0.4, 0.5) is 8.78 Å². The summed E-state index contributed by atoms with van der Waals surface area (Å²) in [6.45, 7) is 0.544. The molecule has 1 fully saturated rings. The van der Waals surface area contributed by atoms with Crippen LogP contribution in [0.25, 0.3) is 0 Å². The zero-order valence-corrected chi connectivity index (χ0v) is 18.7. The molecule has 1 aliphatic heterocycles. The number of hydrogen-bond donors (Lipinski definition) is 2. The van der Waals surface area contributed by atoms with E-state index in [0.29, 0.717) is 18.2 Å². The van der Waals surface area contributed by atoms with Crippen LogP contribution in [0.2, 0.25) is 0 Å². The lowest BCUT2D eigenvalue weighted by Crippen LogP contribution is -2.53. The second-order valence-corrected chi connectivity index (χ2v) is 8.01. The highest BCUT2D eigenvalue weighted by atomic mass is 19.1. The van der Waals surface area contributed by atoms with Crippen LogP contribution >= 0.6 is 0 Å². The molecule has 0 radical (unpaired) electrons. The molecule has 1 atom stereocenters. The van der Waals surface area contributed by atoms with Gasteiger partial charge in [0.25, 0.3) is 17.7 Å². The number of carbonyl (C=O) groups excluding carboxylic acids is 3. The summed E-state index contributed by atoms with van der Waals surface area (Å²) < 4.78 is 27.5. The summed E-state index contributed by atoms with van der Waals surface area (Å²) in [4.78, 5) is 46.0. The molecule has 180 valence electrons. The zero-order valence-electron chi connectivity index (χ0n) is 18.7. The van der Waals surface area contributed by atoms with Crippen LogP contribution in [0.1, 0.15) is 31.8 Å². The van der Waals surface area contributed by atoms with E-state index in [2.05, 4.69) is 10.3 Å². The minimum Gasteiger partial charge on any atom is -0.349 e. The fourth-order valence-electron chi connectivity index (χ4n) is 3.99. The van der Waals surface area contributed by atoms with Gasteiger partial charge in [-0.2, -0.15) is 0 Å². The highest BCUT2D eigenvalue weighted by molar-refractivity contribution is 6.02. The largest absolute Gasteiger partial charge is 0.349 e. The number of hydrogen-bond acceptors (Lipinski definition) is 5. The van der Waals surface area contributed by atoms with Crippen molar-refractivity contribution in [3.63, 3.8) is 0 Å². The van der Waals surface area contributed by atoms with Crippen LogP contribution in [0.15, 0.2) is 67.0 Å². The van der Waals surface area contributed by atoms with Crippen molar-refractivity contribution in [3.05, 3.63) is 101 Å². The maximum absolute atomic E-state index is 13.8. The molecule has 3 N–H and O–H groups in total. The summed E-state index contributed by atoms with van der Waals surface area (Å²) in [5, 5.41) is 2.76. The zero-order chi connectivity index (χ0) is 24.9. The van der Waals surface area contributed by atoms with E-state index in [1.54, 1.807) is 0 Å². The molecule has 35 heavy (non-hydrogen) atoms. The number of pyridine rings is 1. The van der Waals surface area contributed by atoms with Crippen molar-refractivity contribution in [1.29, 1.82) is 0 Å². The minimum absolute atomic E-state index is 0.00847. The number of aromatic nitrogens is 1. The molecule has 1 saturated heterocycles. The SMILES string of the molecule is NCc1cccc(CNC(=O)C2N(C(=O)c3ccncc3)CCN2C(=O)c2cc(F)cc(F)c2)c1. The first-order valence-corrected chi connectivity index (χ1v) is 10.9. The highest BCUT2D eigenvalue weighted by Gasteiger charge is 2.43. The van der Waals surface area contributed by atoms with E-state index in [9.17, 15) is 23.2 Å². The topological polar surface area (TPSA) is 109 Å². The second-order valence-electron chi connectivity index (χ2n) is 8.01. The predicted octanol–water partition coefficient (Wildman–Crippen LogP) is 2.06. The van der Waals surface area contributed by atoms with Gasteiger partial charge in [-0.05, 0) is 35.4 Å². The molecule has 1 unspecified atom stereocenters. The molecule has 8 nitrogen and oxygen atoms in total. The lowest BCUT2D eigenvalue weighted by atomic mass is 10.1. The number of benzene rings is 2. The Labute approximate surface area is 200 Å². The molecule has 2 aromatic carbocycles. The maximum atomic E-state index is 13.8. The number of carbonyl (C=O) groups is 3. The highest BCUT2D eigenvalue weighted by Crippen LogP contribution is 2.22. The molecule has 10 heteroatoms. The van der Waals surface area contributed by atoms with Gasteiger partial charge in [0.05, 0.1) is 0 Å². The fraction of sp³-hybridized carbons (Fsp3) is 0.200. The molecule has 0 bridgehead atoms. The van der Waals surface area contributed by atoms with Crippen LogP contribution in [-0.4, -0.2) is 51.8 Å². The van der Waals surface area contributed by atoms with Crippen molar-refractivity contribution in [2.24, 2.45) is 5.73 Å². The molecule has 1 aromatic heterocycles. The summed E-state index contributed by atoms with van der Waals surface area (Å²) in [6, 6.07) is 12.8. The van der Waals surface area contributed by atoms with Gasteiger partial charge in [-0.25, -0.2) is 8.78 Å². The first-order chi connectivity index (χ1) is 16.9. The molecule has 1 aliphatic rings. The van der Waals surface area contributed by atoms with Gasteiger partial charge in [-0.3, -0.25) is 19.4 Å². The number of rotatable bonds is 6. The number of nitrogens with zero attached hydrogens (tertiary/aromatic N) is 3.